The van der Waals surface area contributed by atoms with E-state index in [1.165, 1.54) is 0 Å². The van der Waals surface area contributed by atoms with Crippen LogP contribution in [0.15, 0.2) is 0 Å². The van der Waals surface area contributed by atoms with Crippen molar-refractivity contribution < 1.29 is 14.6 Å². The van der Waals surface area contributed by atoms with E-state index < -0.39 is 5.60 Å². The molecular formula is C13H23N5O3. The Hall–Kier alpha value is -1.67. The summed E-state index contributed by atoms with van der Waals surface area (Å²) in [5.41, 5.74) is -0.866. The topological polar surface area (TPSA) is 101 Å². The Morgan fingerprint density at radius 2 is 2.00 bits per heavy atom. The fourth-order valence-electron chi connectivity index (χ4n) is 1.92. The van der Waals surface area contributed by atoms with Gasteiger partial charge in [0.15, 0.2) is 0 Å². The number of ether oxygens (including phenoxy) is 2. The fourth-order valence-corrected chi connectivity index (χ4v) is 1.92. The normalized spacial score (nSPS) is 21.3. The first-order chi connectivity index (χ1) is 10.1. The van der Waals surface area contributed by atoms with Crippen LogP contribution in [0.5, 0.6) is 6.01 Å². The summed E-state index contributed by atoms with van der Waals surface area (Å²) in [6, 6.07) is 0.267. The maximum Gasteiger partial charge on any atom is 0.323 e. The molecule has 2 heterocycles. The first-order valence-electron chi connectivity index (χ1n) is 7.32. The van der Waals surface area contributed by atoms with E-state index in [0.717, 1.165) is 13.0 Å². The summed E-state index contributed by atoms with van der Waals surface area (Å²) in [5, 5.41) is 16.4. The molecule has 0 radical (unpaired) electrons. The van der Waals surface area contributed by atoms with Gasteiger partial charge in [-0.1, -0.05) is 6.92 Å². The van der Waals surface area contributed by atoms with E-state index in [2.05, 4.69) is 32.5 Å². The van der Waals surface area contributed by atoms with Crippen molar-refractivity contribution in [2.24, 2.45) is 0 Å². The molecule has 1 aliphatic heterocycles. The van der Waals surface area contributed by atoms with E-state index in [4.69, 9.17) is 9.47 Å². The van der Waals surface area contributed by atoms with Crippen molar-refractivity contribution in [3.8, 4) is 6.01 Å². The molecule has 8 heteroatoms. The van der Waals surface area contributed by atoms with Crippen LogP contribution in [0.4, 0.5) is 11.9 Å². The maximum absolute atomic E-state index is 10.2. The lowest BCUT2D eigenvalue weighted by Crippen LogP contribution is -2.37. The molecule has 118 valence electrons. The monoisotopic (exact) mass is 297 g/mol. The summed E-state index contributed by atoms with van der Waals surface area (Å²) < 4.78 is 10.5. The molecule has 0 aromatic carbocycles. The van der Waals surface area contributed by atoms with E-state index >= 15 is 0 Å². The summed E-state index contributed by atoms with van der Waals surface area (Å²) in [4.78, 5) is 12.6. The van der Waals surface area contributed by atoms with Gasteiger partial charge in [0.1, 0.15) is 5.60 Å². The van der Waals surface area contributed by atoms with Crippen LogP contribution in [0.25, 0.3) is 0 Å². The zero-order valence-electron chi connectivity index (χ0n) is 12.6. The van der Waals surface area contributed by atoms with Gasteiger partial charge in [0.2, 0.25) is 11.9 Å². The van der Waals surface area contributed by atoms with Gasteiger partial charge in [-0.3, -0.25) is 0 Å². The number of nitrogens with one attached hydrogen (secondary N) is 2. The molecule has 2 rings (SSSR count). The Kier molecular flexibility index (Phi) is 5.51. The summed E-state index contributed by atoms with van der Waals surface area (Å²) in [5.74, 6) is 0.847. The van der Waals surface area contributed by atoms with Crippen LogP contribution < -0.4 is 15.4 Å². The van der Waals surface area contributed by atoms with Crippen molar-refractivity contribution in [1.29, 1.82) is 0 Å². The molecule has 1 fully saturated rings. The molecule has 0 saturated carbocycles. The van der Waals surface area contributed by atoms with Crippen LogP contribution in [-0.2, 0) is 4.74 Å². The predicted octanol–water partition coefficient (Wildman–Crippen LogP) is 0.655. The molecular weight excluding hydrogens is 274 g/mol. The number of hydrogen-bond acceptors (Lipinski definition) is 8. The maximum atomic E-state index is 10.2. The van der Waals surface area contributed by atoms with Crippen LogP contribution in [-0.4, -0.2) is 58.6 Å². The molecule has 3 N–H and O–H groups in total. The van der Waals surface area contributed by atoms with Crippen molar-refractivity contribution in [3.63, 3.8) is 0 Å². The van der Waals surface area contributed by atoms with E-state index in [0.29, 0.717) is 44.7 Å². The summed E-state index contributed by atoms with van der Waals surface area (Å²) in [6.45, 7) is 6.41. The third-order valence-electron chi connectivity index (χ3n) is 3.08. The van der Waals surface area contributed by atoms with Gasteiger partial charge in [-0.15, -0.1) is 0 Å². The van der Waals surface area contributed by atoms with Gasteiger partial charge in [-0.2, -0.15) is 15.0 Å². The largest absolute Gasteiger partial charge is 0.464 e. The third-order valence-corrected chi connectivity index (χ3v) is 3.08. The Labute approximate surface area is 124 Å². The minimum absolute atomic E-state index is 0.267. The van der Waals surface area contributed by atoms with Crippen LogP contribution >= 0.6 is 0 Å². The van der Waals surface area contributed by atoms with Crippen molar-refractivity contribution >= 4 is 11.9 Å². The van der Waals surface area contributed by atoms with E-state index in [1.807, 2.05) is 6.92 Å². The van der Waals surface area contributed by atoms with Crippen LogP contribution in [0.1, 0.15) is 26.7 Å². The highest BCUT2D eigenvalue weighted by atomic mass is 16.5. The molecule has 8 nitrogen and oxygen atoms in total. The minimum Gasteiger partial charge on any atom is -0.464 e. The lowest BCUT2D eigenvalue weighted by molar-refractivity contribution is 0.0380. The molecule has 1 aromatic rings. The Bertz CT molecular complexity index is 451. The number of nitrogens with zero attached hydrogens (tertiary/aromatic N) is 3. The first-order valence-corrected chi connectivity index (χ1v) is 7.32. The predicted molar refractivity (Wildman–Crippen MR) is 78.7 cm³/mol. The van der Waals surface area contributed by atoms with E-state index in [1.54, 1.807) is 0 Å². The Morgan fingerprint density at radius 1 is 1.24 bits per heavy atom. The second-order valence-corrected chi connectivity index (χ2v) is 5.01. The van der Waals surface area contributed by atoms with Gasteiger partial charge in [-0.05, 0) is 13.3 Å². The lowest BCUT2D eigenvalue weighted by Gasteiger charge is -2.20. The number of hydrogen-bond donors (Lipinski definition) is 3. The Balaban J connectivity index is 2.03. The quantitative estimate of drug-likeness (QED) is 0.643. The molecule has 1 atom stereocenters. The Morgan fingerprint density at radius 3 is 2.62 bits per heavy atom. The summed E-state index contributed by atoms with van der Waals surface area (Å²) in [6.07, 6.45) is 1.57. The van der Waals surface area contributed by atoms with Crippen LogP contribution in [0, 0.1) is 0 Å². The molecule has 0 aliphatic carbocycles. The SMILES string of the molecule is CCCNc1nc(NCC2(O)CCOC2)nc(OCC)n1. The van der Waals surface area contributed by atoms with Crippen molar-refractivity contribution in [3.05, 3.63) is 0 Å². The van der Waals surface area contributed by atoms with Crippen molar-refractivity contribution in [2.45, 2.75) is 32.3 Å². The number of rotatable bonds is 8. The third kappa shape index (κ3) is 4.68. The fraction of sp³-hybridized carbons (Fsp3) is 0.769. The average Bonchev–Trinajstić information content (AvgIpc) is 2.91. The number of aromatic nitrogens is 3. The highest BCUT2D eigenvalue weighted by Gasteiger charge is 2.32. The summed E-state index contributed by atoms with van der Waals surface area (Å²) in [7, 11) is 0. The molecule has 0 amide bonds. The van der Waals surface area contributed by atoms with Crippen molar-refractivity contribution in [1.82, 2.24) is 15.0 Å². The highest BCUT2D eigenvalue weighted by Crippen LogP contribution is 2.19. The molecule has 1 unspecified atom stereocenters. The van der Waals surface area contributed by atoms with Gasteiger partial charge in [-0.25, -0.2) is 0 Å². The zero-order chi connectivity index (χ0) is 15.1. The van der Waals surface area contributed by atoms with E-state index in [9.17, 15) is 5.11 Å². The number of anilines is 2. The van der Waals surface area contributed by atoms with Crippen molar-refractivity contribution in [2.75, 3.05) is 43.5 Å². The zero-order valence-corrected chi connectivity index (χ0v) is 12.6. The molecule has 1 saturated heterocycles. The molecule has 1 aromatic heterocycles. The lowest BCUT2D eigenvalue weighted by atomic mass is 10.0. The van der Waals surface area contributed by atoms with Gasteiger partial charge in [0.05, 0.1) is 13.2 Å². The highest BCUT2D eigenvalue weighted by molar-refractivity contribution is 5.36. The molecule has 21 heavy (non-hydrogen) atoms. The molecule has 1 aliphatic rings. The molecule has 0 bridgehead atoms. The standard InChI is InChI=1S/C13H23N5O3/c1-3-6-14-10-16-11(18-12(17-10)21-4-2)15-8-13(19)5-7-20-9-13/h19H,3-9H2,1-2H3,(H2,14,15,16,17,18). The van der Waals surface area contributed by atoms with E-state index in [-0.39, 0.29) is 6.01 Å². The first kappa shape index (κ1) is 15.7. The van der Waals surface area contributed by atoms with Gasteiger partial charge in [0, 0.05) is 26.1 Å². The molecule has 0 spiro atoms. The van der Waals surface area contributed by atoms with Gasteiger partial charge in [0.25, 0.3) is 0 Å². The smallest absolute Gasteiger partial charge is 0.323 e. The minimum atomic E-state index is -0.866. The van der Waals surface area contributed by atoms with Gasteiger partial charge >= 0.3 is 6.01 Å². The van der Waals surface area contributed by atoms with Gasteiger partial charge < -0.3 is 25.2 Å². The van der Waals surface area contributed by atoms with Crippen LogP contribution in [0.2, 0.25) is 0 Å². The van der Waals surface area contributed by atoms with Crippen LogP contribution in [0.3, 0.4) is 0 Å². The summed E-state index contributed by atoms with van der Waals surface area (Å²) >= 11 is 0. The number of aliphatic hydroxyl groups is 1. The second-order valence-electron chi connectivity index (χ2n) is 5.01. The second kappa shape index (κ2) is 7.37. The average molecular weight is 297 g/mol.